The van der Waals surface area contributed by atoms with Gasteiger partial charge in [-0.2, -0.15) is 10.5 Å². The molecule has 0 bridgehead atoms. The van der Waals surface area contributed by atoms with Crippen molar-refractivity contribution in [2.45, 2.75) is 26.2 Å². The summed E-state index contributed by atoms with van der Waals surface area (Å²) < 4.78 is 0. The third-order valence-corrected chi connectivity index (χ3v) is 2.21. The zero-order chi connectivity index (χ0) is 6.97. The van der Waals surface area contributed by atoms with Crippen LogP contribution in [0.5, 0.6) is 0 Å². The number of hydrogen-bond acceptors (Lipinski definition) is 1. The Morgan fingerprint density at radius 3 is 3.18 bits per heavy atom. The third kappa shape index (κ3) is 1.56. The summed E-state index contributed by atoms with van der Waals surface area (Å²) in [6.45, 7) is 2.29. The van der Waals surface area contributed by atoms with Gasteiger partial charge in [0.1, 0.15) is 0 Å². The second-order valence-electron chi connectivity index (χ2n) is 3.16. The summed E-state index contributed by atoms with van der Waals surface area (Å²) in [7, 11) is 0. The Kier molecular flexibility index (Phi) is 2.55. The molecule has 0 spiro atoms. The van der Waals surface area contributed by atoms with Gasteiger partial charge < -0.3 is 0 Å². The van der Waals surface area contributed by atoms with E-state index in [9.17, 15) is 0 Å². The molecule has 1 fully saturated rings. The van der Waals surface area contributed by atoms with Crippen LogP contribution in [0.25, 0.3) is 0 Å². The maximum atomic E-state index is 4.04. The fourth-order valence-electron chi connectivity index (χ4n) is 1.55. The number of nitrogens with zero attached hydrogens (tertiary/aromatic N) is 2. The van der Waals surface area contributed by atoms with E-state index in [0.717, 1.165) is 12.3 Å². The van der Waals surface area contributed by atoms with E-state index >= 15 is 0 Å². The van der Waals surface area contributed by atoms with Crippen LogP contribution in [0.3, 0.4) is 0 Å². The lowest BCUT2D eigenvalue weighted by atomic mass is 9.86. The van der Waals surface area contributed by atoms with Crippen molar-refractivity contribution in [1.29, 1.82) is 0 Å². The largest absolute Gasteiger partial charge is 0.159 e. The van der Waals surface area contributed by atoms with Gasteiger partial charge >= 0.3 is 0 Å². The minimum atomic E-state index is 0. The molecule has 2 aliphatic rings. The van der Waals surface area contributed by atoms with Crippen molar-refractivity contribution in [1.82, 2.24) is 5.43 Å². The van der Waals surface area contributed by atoms with Crippen LogP contribution in [-0.2, 0) is 0 Å². The highest BCUT2D eigenvalue weighted by molar-refractivity contribution is 6.01. The van der Waals surface area contributed by atoms with Crippen molar-refractivity contribution in [2.24, 2.45) is 11.0 Å². The maximum absolute atomic E-state index is 4.04. The average molecular weight is 172 g/mol. The summed E-state index contributed by atoms with van der Waals surface area (Å²) in [5, 5.41) is 4.04. The first-order valence-corrected chi connectivity index (χ1v) is 3.82. The predicted octanol–water partition coefficient (Wildman–Crippen LogP) is 2.09. The van der Waals surface area contributed by atoms with Crippen LogP contribution in [0.1, 0.15) is 26.2 Å². The Hall–Kier alpha value is -0.500. The topological polar surface area (TPSA) is 26.5 Å². The van der Waals surface area contributed by atoms with E-state index in [2.05, 4.69) is 17.5 Å². The first-order chi connectivity index (χ1) is 4.86. The summed E-state index contributed by atoms with van der Waals surface area (Å²) in [5.74, 6) is 0.832. The zero-order valence-corrected chi connectivity index (χ0v) is 7.40. The molecule has 61 valence electrons. The van der Waals surface area contributed by atoms with Gasteiger partial charge in [-0.1, -0.05) is 6.92 Å². The van der Waals surface area contributed by atoms with E-state index in [0.29, 0.717) is 0 Å². The zero-order valence-electron chi connectivity index (χ0n) is 6.58. The van der Waals surface area contributed by atoms with Gasteiger partial charge in [-0.25, -0.2) is 0 Å². The van der Waals surface area contributed by atoms with E-state index in [4.69, 9.17) is 0 Å². The molecule has 1 aliphatic carbocycles. The van der Waals surface area contributed by atoms with E-state index in [1.165, 1.54) is 24.1 Å². The van der Waals surface area contributed by atoms with Crippen LogP contribution in [0.4, 0.5) is 0 Å². The quantitative estimate of drug-likeness (QED) is 0.534. The van der Waals surface area contributed by atoms with Gasteiger partial charge in [-0.15, -0.1) is 12.4 Å². The number of rotatable bonds is 0. The van der Waals surface area contributed by atoms with Gasteiger partial charge in [0, 0.05) is 0 Å². The Labute approximate surface area is 73.2 Å². The van der Waals surface area contributed by atoms with E-state index in [-0.39, 0.29) is 12.4 Å². The van der Waals surface area contributed by atoms with Crippen molar-refractivity contribution < 1.29 is 0 Å². The van der Waals surface area contributed by atoms with Crippen LogP contribution in [0.15, 0.2) is 16.9 Å². The van der Waals surface area contributed by atoms with Gasteiger partial charge in [-0.05, 0) is 30.8 Å². The van der Waals surface area contributed by atoms with Crippen LogP contribution in [-0.4, -0.2) is 5.71 Å². The van der Waals surface area contributed by atoms with E-state index in [1.54, 1.807) is 0 Å². The molecule has 0 aromatic rings. The Morgan fingerprint density at radius 1 is 1.55 bits per heavy atom. The molecule has 1 unspecified atom stereocenters. The lowest BCUT2D eigenvalue weighted by Crippen LogP contribution is -2.12. The van der Waals surface area contributed by atoms with Gasteiger partial charge in [0.15, 0.2) is 0 Å². The Morgan fingerprint density at radius 2 is 2.36 bits per heavy atom. The molecule has 2 nitrogen and oxygen atoms in total. The minimum Gasteiger partial charge on any atom is -0.159 e. The van der Waals surface area contributed by atoms with E-state index in [1.807, 2.05) is 6.20 Å². The summed E-state index contributed by atoms with van der Waals surface area (Å²) >= 11 is 0. The third-order valence-electron chi connectivity index (χ3n) is 2.21. The SMILES string of the molecule is CC1CCC2=N[N]C=C2C1.Cl. The van der Waals surface area contributed by atoms with Gasteiger partial charge in [0.25, 0.3) is 0 Å². The molecule has 0 amide bonds. The first kappa shape index (κ1) is 8.60. The smallest absolute Gasteiger partial charge is 0.0678 e. The van der Waals surface area contributed by atoms with Gasteiger partial charge in [0.2, 0.25) is 0 Å². The van der Waals surface area contributed by atoms with Crippen molar-refractivity contribution in [3.8, 4) is 0 Å². The average Bonchev–Trinajstić information content (AvgIpc) is 2.33. The highest BCUT2D eigenvalue weighted by atomic mass is 35.5. The first-order valence-electron chi connectivity index (χ1n) is 3.82. The van der Waals surface area contributed by atoms with Crippen molar-refractivity contribution in [3.05, 3.63) is 11.8 Å². The minimum absolute atomic E-state index is 0. The molecular formula is C8H12ClN2. The molecule has 1 heterocycles. The lowest BCUT2D eigenvalue weighted by molar-refractivity contribution is 0.528. The molecule has 1 saturated carbocycles. The molecule has 2 rings (SSSR count). The molecule has 0 aromatic carbocycles. The van der Waals surface area contributed by atoms with Crippen LogP contribution < -0.4 is 5.43 Å². The fourth-order valence-corrected chi connectivity index (χ4v) is 1.55. The molecule has 3 heteroatoms. The molecule has 11 heavy (non-hydrogen) atoms. The molecule has 1 aliphatic heterocycles. The maximum Gasteiger partial charge on any atom is 0.0678 e. The molecular weight excluding hydrogens is 160 g/mol. The summed E-state index contributed by atoms with van der Waals surface area (Å²) in [4.78, 5) is 0. The fraction of sp³-hybridized carbons (Fsp3) is 0.625. The second kappa shape index (κ2) is 3.26. The van der Waals surface area contributed by atoms with Crippen molar-refractivity contribution >= 4 is 18.1 Å². The number of allylic oxidation sites excluding steroid dienone is 1. The monoisotopic (exact) mass is 171 g/mol. The number of hydrogen-bond donors (Lipinski definition) is 0. The molecule has 1 radical (unpaired) electrons. The van der Waals surface area contributed by atoms with E-state index < -0.39 is 0 Å². The molecule has 0 saturated heterocycles. The van der Waals surface area contributed by atoms with Crippen molar-refractivity contribution in [2.75, 3.05) is 0 Å². The van der Waals surface area contributed by atoms with Crippen LogP contribution >= 0.6 is 12.4 Å². The number of fused-ring (bicyclic) bond motifs is 1. The summed E-state index contributed by atoms with van der Waals surface area (Å²) in [6, 6.07) is 0. The molecule has 0 aromatic heterocycles. The second-order valence-corrected chi connectivity index (χ2v) is 3.16. The van der Waals surface area contributed by atoms with Crippen LogP contribution in [0.2, 0.25) is 0 Å². The molecule has 0 N–H and O–H groups in total. The Balaban J connectivity index is 0.000000605. The Bertz CT molecular complexity index is 208. The summed E-state index contributed by atoms with van der Waals surface area (Å²) in [5.41, 5.74) is 6.50. The number of halogens is 1. The highest BCUT2D eigenvalue weighted by Crippen LogP contribution is 2.27. The van der Waals surface area contributed by atoms with Crippen molar-refractivity contribution in [3.63, 3.8) is 0 Å². The standard InChI is InChI=1S/C8H11N2.ClH/c1-6-2-3-8-7(4-6)5-9-10-8;/h5-6H,2-4H2,1H3;1H. The summed E-state index contributed by atoms with van der Waals surface area (Å²) in [6.07, 6.45) is 5.51. The van der Waals surface area contributed by atoms with Crippen LogP contribution in [0, 0.1) is 5.92 Å². The predicted molar refractivity (Wildman–Crippen MR) is 47.9 cm³/mol. The molecule has 1 atom stereocenters. The normalized spacial score (nSPS) is 27.5. The van der Waals surface area contributed by atoms with Gasteiger partial charge in [-0.3, -0.25) is 0 Å². The van der Waals surface area contributed by atoms with Gasteiger partial charge in [0.05, 0.1) is 11.9 Å². The lowest BCUT2D eigenvalue weighted by Gasteiger charge is -2.18. The highest BCUT2D eigenvalue weighted by Gasteiger charge is 2.21.